The zero-order valence-electron chi connectivity index (χ0n) is 14.8. The lowest BCUT2D eigenvalue weighted by Gasteiger charge is -2.28. The summed E-state index contributed by atoms with van der Waals surface area (Å²) in [5.74, 6) is 2.57. The molecular formula is C20H20N4O2S. The molecule has 1 aliphatic heterocycles. The number of hydrogen-bond donors (Lipinski definition) is 1. The smallest absolute Gasteiger partial charge is 0.275 e. The number of carbonyl (C=O) groups excluding carboxylic acids is 1. The molecule has 4 rings (SSSR count). The van der Waals surface area contributed by atoms with Gasteiger partial charge in [0.15, 0.2) is 5.82 Å². The molecule has 0 atom stereocenters. The van der Waals surface area contributed by atoms with Crippen molar-refractivity contribution >= 4 is 39.9 Å². The van der Waals surface area contributed by atoms with Crippen molar-refractivity contribution in [1.29, 1.82) is 0 Å². The number of hydrogen-bond acceptors (Lipinski definition) is 5. The van der Waals surface area contributed by atoms with Crippen molar-refractivity contribution in [2.24, 2.45) is 0 Å². The van der Waals surface area contributed by atoms with E-state index in [4.69, 9.17) is 0 Å². The third kappa shape index (κ3) is 3.83. The second-order valence-corrected chi connectivity index (χ2v) is 7.57. The summed E-state index contributed by atoms with van der Waals surface area (Å²) in [6.07, 6.45) is 0. The molecular weight excluding hydrogens is 360 g/mol. The van der Waals surface area contributed by atoms with Crippen molar-refractivity contribution < 1.29 is 4.79 Å². The van der Waals surface area contributed by atoms with Gasteiger partial charge in [0.05, 0.1) is 5.39 Å². The van der Waals surface area contributed by atoms with Gasteiger partial charge in [-0.2, -0.15) is 16.9 Å². The van der Waals surface area contributed by atoms with Crippen LogP contribution in [0, 0.1) is 0 Å². The van der Waals surface area contributed by atoms with E-state index in [9.17, 15) is 9.59 Å². The van der Waals surface area contributed by atoms with Crippen LogP contribution in [0.5, 0.6) is 0 Å². The van der Waals surface area contributed by atoms with E-state index in [1.54, 1.807) is 6.07 Å². The SMILES string of the molecule is O=C(Cn1nc(N2CCSCC2)c2ccccc2c1=O)Nc1ccccc1. The Balaban J connectivity index is 1.68. The molecule has 0 saturated carbocycles. The van der Waals surface area contributed by atoms with E-state index in [1.165, 1.54) is 4.68 Å². The maximum Gasteiger partial charge on any atom is 0.275 e. The summed E-state index contributed by atoms with van der Waals surface area (Å²) in [5.41, 5.74) is 0.452. The molecule has 1 amide bonds. The van der Waals surface area contributed by atoms with Crippen LogP contribution in [0.15, 0.2) is 59.4 Å². The number of amides is 1. The van der Waals surface area contributed by atoms with Crippen molar-refractivity contribution in [2.45, 2.75) is 6.54 Å². The Morgan fingerprint density at radius 2 is 1.67 bits per heavy atom. The van der Waals surface area contributed by atoms with Gasteiger partial charge in [-0.15, -0.1) is 0 Å². The second kappa shape index (κ2) is 7.84. The fourth-order valence-corrected chi connectivity index (χ4v) is 4.09. The quantitative estimate of drug-likeness (QED) is 0.754. The van der Waals surface area contributed by atoms with E-state index in [-0.39, 0.29) is 18.0 Å². The highest BCUT2D eigenvalue weighted by Crippen LogP contribution is 2.24. The number of rotatable bonds is 4. The second-order valence-electron chi connectivity index (χ2n) is 6.35. The Morgan fingerprint density at radius 1 is 1.00 bits per heavy atom. The molecule has 0 bridgehead atoms. The van der Waals surface area contributed by atoms with Gasteiger partial charge in [-0.3, -0.25) is 9.59 Å². The van der Waals surface area contributed by atoms with E-state index >= 15 is 0 Å². The van der Waals surface area contributed by atoms with Crippen LogP contribution >= 0.6 is 11.8 Å². The number of carbonyl (C=O) groups is 1. The molecule has 0 radical (unpaired) electrons. The van der Waals surface area contributed by atoms with Gasteiger partial charge in [0, 0.05) is 35.7 Å². The lowest BCUT2D eigenvalue weighted by Crippen LogP contribution is -2.37. The van der Waals surface area contributed by atoms with Gasteiger partial charge in [0.2, 0.25) is 5.91 Å². The molecule has 6 nitrogen and oxygen atoms in total. The Labute approximate surface area is 161 Å². The fraction of sp³-hybridized carbons (Fsp3) is 0.250. The number of anilines is 2. The molecule has 138 valence electrons. The number of thioether (sulfide) groups is 1. The summed E-state index contributed by atoms with van der Waals surface area (Å²) in [4.78, 5) is 27.5. The maximum absolute atomic E-state index is 12.8. The molecule has 1 aromatic heterocycles. The molecule has 1 N–H and O–H groups in total. The largest absolute Gasteiger partial charge is 0.353 e. The van der Waals surface area contributed by atoms with Crippen LogP contribution in [0.1, 0.15) is 0 Å². The molecule has 27 heavy (non-hydrogen) atoms. The maximum atomic E-state index is 12.8. The average Bonchev–Trinajstić information content (AvgIpc) is 2.71. The molecule has 3 aromatic rings. The van der Waals surface area contributed by atoms with Crippen molar-refractivity contribution in [3.05, 3.63) is 65.0 Å². The number of nitrogens with one attached hydrogen (secondary N) is 1. The van der Waals surface area contributed by atoms with Gasteiger partial charge >= 0.3 is 0 Å². The van der Waals surface area contributed by atoms with E-state index in [2.05, 4.69) is 15.3 Å². The average molecular weight is 380 g/mol. The summed E-state index contributed by atoms with van der Waals surface area (Å²) in [6, 6.07) is 16.7. The lowest BCUT2D eigenvalue weighted by atomic mass is 10.1. The lowest BCUT2D eigenvalue weighted by molar-refractivity contribution is -0.117. The van der Waals surface area contributed by atoms with E-state index < -0.39 is 0 Å². The zero-order valence-corrected chi connectivity index (χ0v) is 15.6. The van der Waals surface area contributed by atoms with Crippen LogP contribution < -0.4 is 15.8 Å². The van der Waals surface area contributed by atoms with Crippen LogP contribution in [0.2, 0.25) is 0 Å². The summed E-state index contributed by atoms with van der Waals surface area (Å²) in [7, 11) is 0. The highest BCUT2D eigenvalue weighted by atomic mass is 32.2. The minimum absolute atomic E-state index is 0.117. The normalized spacial score (nSPS) is 14.3. The van der Waals surface area contributed by atoms with E-state index in [1.807, 2.05) is 60.3 Å². The van der Waals surface area contributed by atoms with Crippen molar-refractivity contribution in [3.63, 3.8) is 0 Å². The van der Waals surface area contributed by atoms with Crippen LogP contribution in [0.3, 0.4) is 0 Å². The molecule has 0 unspecified atom stereocenters. The Morgan fingerprint density at radius 3 is 2.41 bits per heavy atom. The summed E-state index contributed by atoms with van der Waals surface area (Å²) >= 11 is 1.92. The fourth-order valence-electron chi connectivity index (χ4n) is 3.19. The predicted octanol–water partition coefficient (Wildman–Crippen LogP) is 2.59. The highest BCUT2D eigenvalue weighted by molar-refractivity contribution is 7.99. The minimum atomic E-state index is -0.272. The number of fused-ring (bicyclic) bond motifs is 1. The first-order chi connectivity index (χ1) is 13.2. The van der Waals surface area contributed by atoms with Gasteiger partial charge in [-0.25, -0.2) is 4.68 Å². The number of para-hydroxylation sites is 1. The predicted molar refractivity (Wildman–Crippen MR) is 111 cm³/mol. The summed E-state index contributed by atoms with van der Waals surface area (Å²) in [5, 5.41) is 8.81. The van der Waals surface area contributed by atoms with E-state index in [0.29, 0.717) is 11.1 Å². The van der Waals surface area contributed by atoms with Gasteiger partial charge < -0.3 is 10.2 Å². The minimum Gasteiger partial charge on any atom is -0.353 e. The first-order valence-corrected chi connectivity index (χ1v) is 10.1. The van der Waals surface area contributed by atoms with Crippen molar-refractivity contribution in [1.82, 2.24) is 9.78 Å². The zero-order chi connectivity index (χ0) is 18.6. The Bertz CT molecular complexity index is 1010. The molecule has 7 heteroatoms. The van der Waals surface area contributed by atoms with Gasteiger partial charge in [-0.1, -0.05) is 36.4 Å². The number of benzene rings is 2. The molecule has 2 heterocycles. The van der Waals surface area contributed by atoms with Crippen LogP contribution in [-0.4, -0.2) is 40.3 Å². The van der Waals surface area contributed by atoms with Crippen LogP contribution in [0.25, 0.3) is 10.8 Å². The number of nitrogens with zero attached hydrogens (tertiary/aromatic N) is 3. The Hall–Kier alpha value is -2.80. The highest BCUT2D eigenvalue weighted by Gasteiger charge is 2.19. The third-order valence-electron chi connectivity index (χ3n) is 4.51. The van der Waals surface area contributed by atoms with E-state index in [0.717, 1.165) is 35.8 Å². The summed E-state index contributed by atoms with van der Waals surface area (Å²) in [6.45, 7) is 1.65. The molecule has 1 saturated heterocycles. The Kier molecular flexibility index (Phi) is 5.11. The van der Waals surface area contributed by atoms with Crippen LogP contribution in [0.4, 0.5) is 11.5 Å². The monoisotopic (exact) mass is 380 g/mol. The third-order valence-corrected chi connectivity index (χ3v) is 5.45. The van der Waals surface area contributed by atoms with Gasteiger partial charge in [0.25, 0.3) is 5.56 Å². The standard InChI is InChI=1S/C20H20N4O2S/c25-18(21-15-6-2-1-3-7-15)14-24-20(26)17-9-5-4-8-16(17)19(22-24)23-10-12-27-13-11-23/h1-9H,10-14H2,(H,21,25). The molecule has 0 spiro atoms. The van der Waals surface area contributed by atoms with Gasteiger partial charge in [0.1, 0.15) is 6.54 Å². The number of aromatic nitrogens is 2. The summed E-state index contributed by atoms with van der Waals surface area (Å²) < 4.78 is 1.28. The molecule has 1 aliphatic rings. The van der Waals surface area contributed by atoms with Gasteiger partial charge in [-0.05, 0) is 18.2 Å². The van der Waals surface area contributed by atoms with Crippen LogP contribution in [-0.2, 0) is 11.3 Å². The van der Waals surface area contributed by atoms with Crippen molar-refractivity contribution in [2.75, 3.05) is 34.8 Å². The molecule has 2 aromatic carbocycles. The first kappa shape index (κ1) is 17.6. The topological polar surface area (TPSA) is 67.2 Å². The van der Waals surface area contributed by atoms with Crippen molar-refractivity contribution in [3.8, 4) is 0 Å². The molecule has 1 fully saturated rings. The first-order valence-electron chi connectivity index (χ1n) is 8.90. The molecule has 0 aliphatic carbocycles.